The molecule has 2 N–H and O–H groups in total. The third-order valence-corrected chi connectivity index (χ3v) is 4.18. The number of hydrogen-bond donors (Lipinski definition) is 2. The predicted molar refractivity (Wildman–Crippen MR) is 81.2 cm³/mol. The van der Waals surface area contributed by atoms with Crippen LogP contribution in [0.15, 0.2) is 0 Å². The molecule has 2 rings (SSSR count). The molecule has 1 saturated carbocycles. The summed E-state index contributed by atoms with van der Waals surface area (Å²) < 4.78 is 1.50. The fourth-order valence-electron chi connectivity index (χ4n) is 3.02. The molecular formula is C15H24N4O2. The lowest BCUT2D eigenvalue weighted by molar-refractivity contribution is -0.116. The standard InChI is InChI=1S/C15H24N4O2/c1-10-13(14(15(21)16-2)19(3)18-10)17-12(20)9-8-11-6-4-5-7-11/h11H,4-9H2,1-3H3,(H,16,21)(H,17,20). The quantitative estimate of drug-likeness (QED) is 0.871. The molecule has 6 nitrogen and oxygen atoms in total. The van der Waals surface area contributed by atoms with Gasteiger partial charge >= 0.3 is 0 Å². The number of aromatic nitrogens is 2. The van der Waals surface area contributed by atoms with Crippen LogP contribution in [0, 0.1) is 12.8 Å². The van der Waals surface area contributed by atoms with E-state index in [0.29, 0.717) is 29.4 Å². The molecule has 21 heavy (non-hydrogen) atoms. The van der Waals surface area contributed by atoms with E-state index in [0.717, 1.165) is 6.42 Å². The van der Waals surface area contributed by atoms with Crippen molar-refractivity contribution in [1.82, 2.24) is 15.1 Å². The number of amides is 2. The molecule has 0 radical (unpaired) electrons. The Morgan fingerprint density at radius 2 is 2.00 bits per heavy atom. The summed E-state index contributed by atoms with van der Waals surface area (Å²) in [7, 11) is 3.27. The molecule has 1 aromatic rings. The van der Waals surface area contributed by atoms with E-state index < -0.39 is 0 Å². The zero-order valence-corrected chi connectivity index (χ0v) is 13.0. The first kappa shape index (κ1) is 15.5. The van der Waals surface area contributed by atoms with Gasteiger partial charge in [0, 0.05) is 20.5 Å². The summed E-state index contributed by atoms with van der Waals surface area (Å²) in [5, 5.41) is 9.64. The van der Waals surface area contributed by atoms with Crippen molar-refractivity contribution in [2.45, 2.75) is 45.4 Å². The van der Waals surface area contributed by atoms with Gasteiger partial charge in [0.25, 0.3) is 5.91 Å². The Balaban J connectivity index is 2.01. The molecular weight excluding hydrogens is 268 g/mol. The van der Waals surface area contributed by atoms with E-state index in [4.69, 9.17) is 0 Å². The van der Waals surface area contributed by atoms with Crippen molar-refractivity contribution in [3.05, 3.63) is 11.4 Å². The van der Waals surface area contributed by atoms with Gasteiger partial charge in [-0.15, -0.1) is 0 Å². The van der Waals surface area contributed by atoms with Gasteiger partial charge in [0.1, 0.15) is 5.69 Å². The van der Waals surface area contributed by atoms with Crippen LogP contribution in [0.5, 0.6) is 0 Å². The molecule has 116 valence electrons. The van der Waals surface area contributed by atoms with Gasteiger partial charge in [-0.05, 0) is 19.3 Å². The highest BCUT2D eigenvalue weighted by molar-refractivity contribution is 6.03. The number of nitrogens with one attached hydrogen (secondary N) is 2. The third kappa shape index (κ3) is 3.62. The van der Waals surface area contributed by atoms with Crippen molar-refractivity contribution >= 4 is 17.5 Å². The Morgan fingerprint density at radius 1 is 1.33 bits per heavy atom. The summed E-state index contributed by atoms with van der Waals surface area (Å²) in [6.45, 7) is 1.79. The van der Waals surface area contributed by atoms with Gasteiger partial charge in [0.05, 0.1) is 11.4 Å². The number of carbonyl (C=O) groups excluding carboxylic acids is 2. The molecule has 0 aromatic carbocycles. The monoisotopic (exact) mass is 292 g/mol. The second-order valence-corrected chi connectivity index (χ2v) is 5.75. The van der Waals surface area contributed by atoms with Crippen molar-refractivity contribution in [2.75, 3.05) is 12.4 Å². The number of anilines is 1. The molecule has 0 bridgehead atoms. The minimum Gasteiger partial charge on any atom is -0.354 e. The summed E-state index contributed by atoms with van der Waals surface area (Å²) in [6.07, 6.45) is 6.49. The molecule has 6 heteroatoms. The SMILES string of the molecule is CNC(=O)c1c(NC(=O)CCC2CCCC2)c(C)nn1C. The van der Waals surface area contributed by atoms with E-state index in [2.05, 4.69) is 15.7 Å². The van der Waals surface area contributed by atoms with Crippen LogP contribution < -0.4 is 10.6 Å². The van der Waals surface area contributed by atoms with Crippen LogP contribution in [-0.4, -0.2) is 28.6 Å². The van der Waals surface area contributed by atoms with Crippen molar-refractivity contribution in [2.24, 2.45) is 13.0 Å². The molecule has 0 unspecified atom stereocenters. The van der Waals surface area contributed by atoms with Crippen molar-refractivity contribution < 1.29 is 9.59 Å². The van der Waals surface area contributed by atoms with Gasteiger partial charge in [0.15, 0.2) is 0 Å². The Bertz CT molecular complexity index is 530. The number of nitrogens with zero attached hydrogens (tertiary/aromatic N) is 2. The van der Waals surface area contributed by atoms with Crippen LogP contribution in [0.2, 0.25) is 0 Å². The normalized spacial score (nSPS) is 15.2. The molecule has 0 spiro atoms. The number of rotatable bonds is 5. The summed E-state index contributed by atoms with van der Waals surface area (Å²) in [6, 6.07) is 0. The van der Waals surface area contributed by atoms with Crippen LogP contribution in [0.1, 0.15) is 54.7 Å². The lowest BCUT2D eigenvalue weighted by atomic mass is 10.0. The van der Waals surface area contributed by atoms with Crippen molar-refractivity contribution in [3.63, 3.8) is 0 Å². The lowest BCUT2D eigenvalue weighted by Gasteiger charge is -2.10. The Hall–Kier alpha value is -1.85. The Labute approximate surface area is 125 Å². The van der Waals surface area contributed by atoms with Gasteiger partial charge in [0.2, 0.25) is 5.91 Å². The van der Waals surface area contributed by atoms with Crippen molar-refractivity contribution in [1.29, 1.82) is 0 Å². The first-order valence-electron chi connectivity index (χ1n) is 7.58. The average molecular weight is 292 g/mol. The molecule has 0 atom stereocenters. The first-order valence-corrected chi connectivity index (χ1v) is 7.58. The molecule has 1 aliphatic carbocycles. The maximum Gasteiger partial charge on any atom is 0.271 e. The largest absolute Gasteiger partial charge is 0.354 e. The van der Waals surface area contributed by atoms with Crippen LogP contribution in [-0.2, 0) is 11.8 Å². The zero-order chi connectivity index (χ0) is 15.4. The van der Waals surface area contributed by atoms with E-state index in [1.807, 2.05) is 0 Å². The van der Waals surface area contributed by atoms with Gasteiger partial charge in [-0.2, -0.15) is 5.10 Å². The highest BCUT2D eigenvalue weighted by Gasteiger charge is 2.22. The van der Waals surface area contributed by atoms with E-state index in [9.17, 15) is 9.59 Å². The maximum absolute atomic E-state index is 12.1. The van der Waals surface area contributed by atoms with E-state index in [-0.39, 0.29) is 11.8 Å². The van der Waals surface area contributed by atoms with Crippen LogP contribution in [0.25, 0.3) is 0 Å². The molecule has 1 aromatic heterocycles. The molecule has 0 aliphatic heterocycles. The summed E-state index contributed by atoms with van der Waals surface area (Å²) in [5.41, 5.74) is 1.57. The minimum absolute atomic E-state index is 0.0387. The summed E-state index contributed by atoms with van der Waals surface area (Å²) in [5.74, 6) is 0.400. The van der Waals surface area contributed by atoms with Crippen molar-refractivity contribution in [3.8, 4) is 0 Å². The van der Waals surface area contributed by atoms with E-state index in [1.165, 1.54) is 30.4 Å². The zero-order valence-electron chi connectivity index (χ0n) is 13.0. The number of carbonyl (C=O) groups is 2. The molecule has 1 fully saturated rings. The topological polar surface area (TPSA) is 76.0 Å². The summed E-state index contributed by atoms with van der Waals surface area (Å²) in [4.78, 5) is 24.0. The van der Waals surface area contributed by atoms with Gasteiger partial charge in [-0.3, -0.25) is 14.3 Å². The van der Waals surface area contributed by atoms with E-state index in [1.54, 1.807) is 21.0 Å². The smallest absolute Gasteiger partial charge is 0.271 e. The third-order valence-electron chi connectivity index (χ3n) is 4.18. The average Bonchev–Trinajstić information content (AvgIpc) is 3.05. The fourth-order valence-corrected chi connectivity index (χ4v) is 3.02. The highest BCUT2D eigenvalue weighted by Crippen LogP contribution is 2.29. The molecule has 1 aliphatic rings. The predicted octanol–water partition coefficient (Wildman–Crippen LogP) is 2.00. The second kappa shape index (κ2) is 6.74. The second-order valence-electron chi connectivity index (χ2n) is 5.75. The lowest BCUT2D eigenvalue weighted by Crippen LogP contribution is -2.23. The highest BCUT2D eigenvalue weighted by atomic mass is 16.2. The first-order chi connectivity index (χ1) is 10.0. The fraction of sp³-hybridized carbons (Fsp3) is 0.667. The van der Waals surface area contributed by atoms with E-state index >= 15 is 0 Å². The Morgan fingerprint density at radius 3 is 2.62 bits per heavy atom. The van der Waals surface area contributed by atoms with Gasteiger partial charge < -0.3 is 10.6 Å². The summed E-state index contributed by atoms with van der Waals surface area (Å²) >= 11 is 0. The van der Waals surface area contributed by atoms with Gasteiger partial charge in [-0.1, -0.05) is 25.7 Å². The number of hydrogen-bond acceptors (Lipinski definition) is 3. The molecule has 2 amide bonds. The van der Waals surface area contributed by atoms with Gasteiger partial charge in [-0.25, -0.2) is 0 Å². The van der Waals surface area contributed by atoms with Crippen LogP contribution in [0.3, 0.4) is 0 Å². The Kier molecular flexibility index (Phi) is 4.98. The molecule has 0 saturated heterocycles. The number of aryl methyl sites for hydroxylation is 2. The maximum atomic E-state index is 12.1. The molecule has 1 heterocycles. The van der Waals surface area contributed by atoms with Crippen LogP contribution in [0.4, 0.5) is 5.69 Å². The minimum atomic E-state index is -0.246. The van der Waals surface area contributed by atoms with Crippen LogP contribution >= 0.6 is 0 Å².